The Morgan fingerprint density at radius 2 is 2.07 bits per heavy atom. The minimum absolute atomic E-state index is 0.0516. The lowest BCUT2D eigenvalue weighted by Crippen LogP contribution is -1.99. The molecule has 1 N–H and O–H groups in total. The normalized spacial score (nSPS) is 10.2. The molecule has 0 saturated carbocycles. The Bertz CT molecular complexity index is 502. The molecule has 0 aliphatic carbocycles. The first-order valence-electron chi connectivity index (χ1n) is 4.44. The zero-order valence-electron chi connectivity index (χ0n) is 8.10. The van der Waals surface area contributed by atoms with Crippen LogP contribution in [-0.4, -0.2) is 16.2 Å². The molecule has 1 aromatic carbocycles. The second-order valence-corrected chi connectivity index (χ2v) is 3.20. The lowest BCUT2D eigenvalue weighted by molar-refractivity contribution is 0.0686. The van der Waals surface area contributed by atoms with Crippen LogP contribution in [0, 0.1) is 6.92 Å². The van der Waals surface area contributed by atoms with Crippen LogP contribution in [0.1, 0.15) is 16.1 Å². The highest BCUT2D eigenvalue weighted by molar-refractivity contribution is 5.93. The molecule has 0 fully saturated rings. The van der Waals surface area contributed by atoms with Crippen molar-refractivity contribution in [1.29, 1.82) is 0 Å². The van der Waals surface area contributed by atoms with E-state index in [9.17, 15) is 4.79 Å². The molecule has 0 aliphatic rings. The van der Waals surface area contributed by atoms with Gasteiger partial charge in [0.1, 0.15) is 6.26 Å². The summed E-state index contributed by atoms with van der Waals surface area (Å²) in [6.07, 6.45) is 1.35. The van der Waals surface area contributed by atoms with Crippen LogP contribution in [-0.2, 0) is 0 Å². The number of aryl methyl sites for hydroxylation is 1. The van der Waals surface area contributed by atoms with Gasteiger partial charge in [-0.1, -0.05) is 29.4 Å². The van der Waals surface area contributed by atoms with Crippen molar-refractivity contribution in [2.45, 2.75) is 6.92 Å². The third-order valence-corrected chi connectivity index (χ3v) is 2.21. The van der Waals surface area contributed by atoms with Crippen LogP contribution in [0.2, 0.25) is 0 Å². The van der Waals surface area contributed by atoms with Crippen molar-refractivity contribution < 1.29 is 14.4 Å². The molecule has 0 spiro atoms. The molecular weight excluding hydrogens is 194 g/mol. The van der Waals surface area contributed by atoms with Gasteiger partial charge in [-0.15, -0.1) is 0 Å². The molecule has 4 heteroatoms. The molecule has 0 atom stereocenters. The highest BCUT2D eigenvalue weighted by Crippen LogP contribution is 2.25. The zero-order valence-corrected chi connectivity index (χ0v) is 8.10. The quantitative estimate of drug-likeness (QED) is 0.813. The van der Waals surface area contributed by atoms with Crippen molar-refractivity contribution in [2.24, 2.45) is 0 Å². The molecule has 0 bridgehead atoms. The largest absolute Gasteiger partial charge is 0.476 e. The fraction of sp³-hybridized carbons (Fsp3) is 0.0909. The maximum absolute atomic E-state index is 10.8. The number of hydrogen-bond acceptors (Lipinski definition) is 3. The predicted octanol–water partition coefficient (Wildman–Crippen LogP) is 2.35. The van der Waals surface area contributed by atoms with Crippen LogP contribution in [0.3, 0.4) is 0 Å². The first-order valence-corrected chi connectivity index (χ1v) is 4.44. The fourth-order valence-corrected chi connectivity index (χ4v) is 1.46. The van der Waals surface area contributed by atoms with E-state index in [0.717, 1.165) is 11.1 Å². The van der Waals surface area contributed by atoms with Gasteiger partial charge in [-0.3, -0.25) is 0 Å². The van der Waals surface area contributed by atoms with Crippen LogP contribution in [0.4, 0.5) is 0 Å². The fourth-order valence-electron chi connectivity index (χ4n) is 1.46. The third-order valence-electron chi connectivity index (χ3n) is 2.21. The molecule has 76 valence electrons. The molecule has 15 heavy (non-hydrogen) atoms. The van der Waals surface area contributed by atoms with Gasteiger partial charge in [0.2, 0.25) is 0 Å². The number of aromatic nitrogens is 1. The molecule has 2 aromatic rings. The summed E-state index contributed by atoms with van der Waals surface area (Å²) in [5.74, 6) is -1.08. The van der Waals surface area contributed by atoms with E-state index in [4.69, 9.17) is 5.11 Å². The number of carbonyl (C=O) groups is 1. The van der Waals surface area contributed by atoms with Crippen molar-refractivity contribution in [3.63, 3.8) is 0 Å². The standard InChI is InChI=1S/C11H9NO3/c1-7-4-2-3-5-8(7)9-6-15-12-10(9)11(13)14/h2-6H,1H3,(H,13,14). The summed E-state index contributed by atoms with van der Waals surface area (Å²) in [5, 5.41) is 12.3. The molecule has 4 nitrogen and oxygen atoms in total. The molecular formula is C11H9NO3. The first-order chi connectivity index (χ1) is 7.20. The minimum atomic E-state index is -1.08. The van der Waals surface area contributed by atoms with Crippen LogP contribution >= 0.6 is 0 Å². The summed E-state index contributed by atoms with van der Waals surface area (Å²) in [6, 6.07) is 7.50. The average Bonchev–Trinajstić information content (AvgIpc) is 2.67. The first kappa shape index (κ1) is 9.45. The Morgan fingerprint density at radius 3 is 2.73 bits per heavy atom. The van der Waals surface area contributed by atoms with Gasteiger partial charge < -0.3 is 9.63 Å². The highest BCUT2D eigenvalue weighted by Gasteiger charge is 2.17. The Balaban J connectivity index is 2.59. The summed E-state index contributed by atoms with van der Waals surface area (Å²) in [5.41, 5.74) is 2.28. The monoisotopic (exact) mass is 203 g/mol. The van der Waals surface area contributed by atoms with Gasteiger partial charge in [0.25, 0.3) is 0 Å². The molecule has 0 radical (unpaired) electrons. The van der Waals surface area contributed by atoms with Gasteiger partial charge >= 0.3 is 5.97 Å². The second kappa shape index (κ2) is 3.57. The van der Waals surface area contributed by atoms with E-state index < -0.39 is 5.97 Å². The predicted molar refractivity (Wildman–Crippen MR) is 53.6 cm³/mol. The maximum atomic E-state index is 10.8. The van der Waals surface area contributed by atoms with Crippen molar-refractivity contribution in [3.05, 3.63) is 41.8 Å². The Labute approximate surface area is 86.1 Å². The van der Waals surface area contributed by atoms with Crippen LogP contribution in [0.25, 0.3) is 11.1 Å². The summed E-state index contributed by atoms with van der Waals surface area (Å²) < 4.78 is 4.69. The Hall–Kier alpha value is -2.10. The number of benzene rings is 1. The molecule has 0 aliphatic heterocycles. The number of rotatable bonds is 2. The highest BCUT2D eigenvalue weighted by atomic mass is 16.5. The topological polar surface area (TPSA) is 63.3 Å². The molecule has 0 amide bonds. The van der Waals surface area contributed by atoms with E-state index in [2.05, 4.69) is 9.68 Å². The van der Waals surface area contributed by atoms with E-state index in [-0.39, 0.29) is 5.69 Å². The Kier molecular flexibility index (Phi) is 2.25. The molecule has 1 heterocycles. The van der Waals surface area contributed by atoms with Crippen molar-refractivity contribution in [3.8, 4) is 11.1 Å². The van der Waals surface area contributed by atoms with Crippen LogP contribution in [0.5, 0.6) is 0 Å². The average molecular weight is 203 g/mol. The van der Waals surface area contributed by atoms with E-state index in [0.29, 0.717) is 5.56 Å². The van der Waals surface area contributed by atoms with Gasteiger partial charge in [-0.2, -0.15) is 0 Å². The number of carboxylic acid groups (broad SMARTS) is 1. The van der Waals surface area contributed by atoms with E-state index in [1.807, 2.05) is 31.2 Å². The lowest BCUT2D eigenvalue weighted by atomic mass is 10.0. The van der Waals surface area contributed by atoms with Gasteiger partial charge in [0.15, 0.2) is 5.69 Å². The van der Waals surface area contributed by atoms with Gasteiger partial charge in [0, 0.05) is 0 Å². The summed E-state index contributed by atoms with van der Waals surface area (Å²) in [4.78, 5) is 10.8. The molecule has 0 saturated heterocycles. The zero-order chi connectivity index (χ0) is 10.8. The molecule has 1 aromatic heterocycles. The second-order valence-electron chi connectivity index (χ2n) is 3.20. The number of carboxylic acids is 1. The molecule has 0 unspecified atom stereocenters. The van der Waals surface area contributed by atoms with Gasteiger partial charge in [0.05, 0.1) is 5.56 Å². The van der Waals surface area contributed by atoms with Gasteiger partial charge in [-0.25, -0.2) is 4.79 Å². The van der Waals surface area contributed by atoms with Gasteiger partial charge in [-0.05, 0) is 18.1 Å². The van der Waals surface area contributed by atoms with Crippen LogP contribution in [0.15, 0.2) is 35.1 Å². The van der Waals surface area contributed by atoms with E-state index in [1.165, 1.54) is 6.26 Å². The minimum Gasteiger partial charge on any atom is -0.476 e. The van der Waals surface area contributed by atoms with Crippen molar-refractivity contribution in [1.82, 2.24) is 5.16 Å². The maximum Gasteiger partial charge on any atom is 0.358 e. The SMILES string of the molecule is Cc1ccccc1-c1conc1C(=O)O. The van der Waals surface area contributed by atoms with Crippen molar-refractivity contribution in [2.75, 3.05) is 0 Å². The number of hydrogen-bond donors (Lipinski definition) is 1. The molecule has 2 rings (SSSR count). The van der Waals surface area contributed by atoms with E-state index in [1.54, 1.807) is 0 Å². The van der Waals surface area contributed by atoms with Crippen molar-refractivity contribution >= 4 is 5.97 Å². The smallest absolute Gasteiger partial charge is 0.358 e. The lowest BCUT2D eigenvalue weighted by Gasteiger charge is -2.01. The number of nitrogens with zero attached hydrogens (tertiary/aromatic N) is 1. The summed E-state index contributed by atoms with van der Waals surface area (Å²) >= 11 is 0. The van der Waals surface area contributed by atoms with Crippen LogP contribution < -0.4 is 0 Å². The van der Waals surface area contributed by atoms with E-state index >= 15 is 0 Å². The third kappa shape index (κ3) is 1.61. The Morgan fingerprint density at radius 1 is 1.33 bits per heavy atom. The summed E-state index contributed by atoms with van der Waals surface area (Å²) in [6.45, 7) is 1.91. The number of aromatic carboxylic acids is 1. The summed E-state index contributed by atoms with van der Waals surface area (Å²) in [7, 11) is 0.